The number of nitrogens with zero attached hydrogens (tertiary/aromatic N) is 1. The average Bonchev–Trinajstić information content (AvgIpc) is 1.79. The van der Waals surface area contributed by atoms with Crippen LogP contribution in [0.3, 0.4) is 0 Å². The Balaban J connectivity index is 2.20. The standard InChI is InChI=1S/C3H8N2/c1-3-4-5(3)2/h3-4H,1-2H3/t3-,5?/m0/s1. The van der Waals surface area contributed by atoms with Gasteiger partial charge >= 0.3 is 0 Å². The molecule has 0 spiro atoms. The van der Waals surface area contributed by atoms with Gasteiger partial charge in [-0.05, 0) is 6.92 Å². The molecular weight excluding hydrogens is 64.0 g/mol. The van der Waals surface area contributed by atoms with Crippen LogP contribution in [0.15, 0.2) is 0 Å². The van der Waals surface area contributed by atoms with Gasteiger partial charge in [0.15, 0.2) is 0 Å². The summed E-state index contributed by atoms with van der Waals surface area (Å²) in [4.78, 5) is 0. The highest BCUT2D eigenvalue weighted by Crippen LogP contribution is 1.99. The molecule has 0 amide bonds. The lowest BCUT2D eigenvalue weighted by Gasteiger charge is -1.70. The molecule has 2 atom stereocenters. The van der Waals surface area contributed by atoms with E-state index in [1.807, 2.05) is 12.1 Å². The average molecular weight is 72.1 g/mol. The van der Waals surface area contributed by atoms with E-state index in [0.717, 1.165) is 0 Å². The zero-order valence-corrected chi connectivity index (χ0v) is 3.52. The van der Waals surface area contributed by atoms with E-state index in [-0.39, 0.29) is 0 Å². The number of hydrogen-bond acceptors (Lipinski definition) is 2. The Morgan fingerprint density at radius 3 is 2.00 bits per heavy atom. The van der Waals surface area contributed by atoms with E-state index in [4.69, 9.17) is 0 Å². The van der Waals surface area contributed by atoms with Crippen molar-refractivity contribution in [3.63, 3.8) is 0 Å². The lowest BCUT2D eigenvalue weighted by Crippen LogP contribution is -1.85. The van der Waals surface area contributed by atoms with Gasteiger partial charge in [-0.25, -0.2) is 10.4 Å². The third-order valence-corrected chi connectivity index (χ3v) is 0.904. The quantitative estimate of drug-likeness (QED) is 0.400. The van der Waals surface area contributed by atoms with Crippen molar-refractivity contribution in [1.82, 2.24) is 10.4 Å². The van der Waals surface area contributed by atoms with Crippen LogP contribution in [0.2, 0.25) is 0 Å². The first-order chi connectivity index (χ1) is 2.30. The molecule has 5 heavy (non-hydrogen) atoms. The summed E-state index contributed by atoms with van der Waals surface area (Å²) in [5.41, 5.74) is 3.03. The van der Waals surface area contributed by atoms with Crippen LogP contribution in [-0.4, -0.2) is 18.2 Å². The van der Waals surface area contributed by atoms with Gasteiger partial charge in [0.1, 0.15) is 0 Å². The van der Waals surface area contributed by atoms with Gasteiger partial charge in [0.25, 0.3) is 0 Å². The molecule has 0 aromatic rings. The van der Waals surface area contributed by atoms with E-state index >= 15 is 0 Å². The predicted octanol–water partition coefficient (Wildman–Crippen LogP) is -0.218. The van der Waals surface area contributed by atoms with Crippen molar-refractivity contribution in [2.45, 2.75) is 13.1 Å². The summed E-state index contributed by atoms with van der Waals surface area (Å²) in [7, 11) is 2.02. The van der Waals surface area contributed by atoms with Crippen molar-refractivity contribution in [2.24, 2.45) is 0 Å². The largest absolute Gasteiger partial charge is 0.236 e. The van der Waals surface area contributed by atoms with Crippen molar-refractivity contribution in [1.29, 1.82) is 0 Å². The van der Waals surface area contributed by atoms with Crippen molar-refractivity contribution in [2.75, 3.05) is 7.05 Å². The molecule has 1 aliphatic rings. The third-order valence-electron chi connectivity index (χ3n) is 0.904. The molecule has 1 unspecified atom stereocenters. The summed E-state index contributed by atoms with van der Waals surface area (Å²) in [5, 5.41) is 2.04. The van der Waals surface area contributed by atoms with Crippen molar-refractivity contribution in [3.8, 4) is 0 Å². The topological polar surface area (TPSA) is 25.0 Å². The highest BCUT2D eigenvalue weighted by atomic mass is 15.7. The van der Waals surface area contributed by atoms with Crippen molar-refractivity contribution in [3.05, 3.63) is 0 Å². The third kappa shape index (κ3) is 0.412. The monoisotopic (exact) mass is 72.1 g/mol. The fourth-order valence-corrected chi connectivity index (χ4v) is 0.261. The highest BCUT2D eigenvalue weighted by molar-refractivity contribution is 4.65. The maximum atomic E-state index is 3.03. The van der Waals surface area contributed by atoms with E-state index in [1.54, 1.807) is 0 Å². The zero-order chi connectivity index (χ0) is 3.86. The van der Waals surface area contributed by atoms with Crippen LogP contribution < -0.4 is 5.43 Å². The molecule has 0 bridgehead atoms. The molecule has 30 valence electrons. The Morgan fingerprint density at radius 2 is 2.00 bits per heavy atom. The van der Waals surface area contributed by atoms with Crippen molar-refractivity contribution >= 4 is 0 Å². The maximum absolute atomic E-state index is 3.03. The van der Waals surface area contributed by atoms with Gasteiger partial charge in [-0.15, -0.1) is 0 Å². The number of rotatable bonds is 0. The van der Waals surface area contributed by atoms with E-state index < -0.39 is 0 Å². The van der Waals surface area contributed by atoms with Gasteiger partial charge < -0.3 is 0 Å². The minimum absolute atomic E-state index is 0.634. The second-order valence-corrected chi connectivity index (χ2v) is 1.42. The summed E-state index contributed by atoms with van der Waals surface area (Å²) in [6, 6.07) is 0. The molecule has 0 aliphatic carbocycles. The number of nitrogens with one attached hydrogen (secondary N) is 1. The SMILES string of the molecule is C[C@H]1NN1C. The molecule has 1 rings (SSSR count). The summed E-state index contributed by atoms with van der Waals surface area (Å²) >= 11 is 0. The summed E-state index contributed by atoms with van der Waals surface area (Å²) in [5.74, 6) is 0. The van der Waals surface area contributed by atoms with Crippen LogP contribution in [0.25, 0.3) is 0 Å². The first-order valence-corrected chi connectivity index (χ1v) is 1.80. The molecule has 2 nitrogen and oxygen atoms in total. The number of hydrazine groups is 1. The van der Waals surface area contributed by atoms with E-state index in [2.05, 4.69) is 12.3 Å². The molecule has 2 heteroatoms. The van der Waals surface area contributed by atoms with Gasteiger partial charge in [-0.1, -0.05) is 0 Å². The molecule has 0 saturated carbocycles. The van der Waals surface area contributed by atoms with Crippen LogP contribution in [0, 0.1) is 0 Å². The molecule has 1 N–H and O–H groups in total. The summed E-state index contributed by atoms with van der Waals surface area (Å²) in [6.07, 6.45) is 0.634. The molecule has 0 radical (unpaired) electrons. The van der Waals surface area contributed by atoms with Crippen LogP contribution in [0.4, 0.5) is 0 Å². The molecule has 1 saturated heterocycles. The van der Waals surface area contributed by atoms with Gasteiger partial charge in [0.05, 0.1) is 6.17 Å². The Morgan fingerprint density at radius 1 is 1.80 bits per heavy atom. The second kappa shape index (κ2) is 0.698. The molecule has 1 fully saturated rings. The fourth-order valence-electron chi connectivity index (χ4n) is 0.261. The van der Waals surface area contributed by atoms with Crippen LogP contribution in [0.5, 0.6) is 0 Å². The minimum Gasteiger partial charge on any atom is -0.236 e. The predicted molar refractivity (Wildman–Crippen MR) is 20.4 cm³/mol. The van der Waals surface area contributed by atoms with Crippen LogP contribution in [-0.2, 0) is 0 Å². The second-order valence-electron chi connectivity index (χ2n) is 1.42. The van der Waals surface area contributed by atoms with Gasteiger partial charge in [-0.2, -0.15) is 0 Å². The molecule has 0 aromatic carbocycles. The van der Waals surface area contributed by atoms with Crippen molar-refractivity contribution < 1.29 is 0 Å². The van der Waals surface area contributed by atoms with Gasteiger partial charge in [0.2, 0.25) is 0 Å². The molecule has 0 aromatic heterocycles. The van der Waals surface area contributed by atoms with E-state index in [9.17, 15) is 0 Å². The lowest BCUT2D eigenvalue weighted by molar-refractivity contribution is 0.602. The van der Waals surface area contributed by atoms with Crippen LogP contribution in [0.1, 0.15) is 6.92 Å². The summed E-state index contributed by atoms with van der Waals surface area (Å²) < 4.78 is 0. The Kier molecular flexibility index (Phi) is 0.436. The molecule has 1 heterocycles. The Bertz CT molecular complexity index is 38.2. The van der Waals surface area contributed by atoms with E-state index in [0.29, 0.717) is 6.17 Å². The smallest absolute Gasteiger partial charge is 0.0832 e. The zero-order valence-electron chi connectivity index (χ0n) is 3.52. The number of hydrogen-bond donors (Lipinski definition) is 1. The van der Waals surface area contributed by atoms with Gasteiger partial charge in [-0.3, -0.25) is 0 Å². The Hall–Kier alpha value is -0.0800. The first kappa shape index (κ1) is 3.12. The lowest BCUT2D eigenvalue weighted by atomic mass is 10.7. The van der Waals surface area contributed by atoms with Gasteiger partial charge in [0, 0.05) is 7.05 Å². The minimum atomic E-state index is 0.634. The normalized spacial score (nSPS) is 49.2. The summed E-state index contributed by atoms with van der Waals surface area (Å²) in [6.45, 7) is 2.11. The van der Waals surface area contributed by atoms with E-state index in [1.165, 1.54) is 0 Å². The first-order valence-electron chi connectivity index (χ1n) is 1.80. The van der Waals surface area contributed by atoms with Crippen LogP contribution >= 0.6 is 0 Å². The molecular formula is C3H8N2. The molecule has 1 aliphatic heterocycles. The fraction of sp³-hybridized carbons (Fsp3) is 1.00. The highest BCUT2D eigenvalue weighted by Gasteiger charge is 2.21. The maximum Gasteiger partial charge on any atom is 0.0832 e. The Labute approximate surface area is 31.7 Å².